The molecule has 178 valence electrons. The maximum absolute atomic E-state index is 13.4. The molecule has 1 atom stereocenters. The van der Waals surface area contributed by atoms with Crippen molar-refractivity contribution in [3.63, 3.8) is 0 Å². The Hall–Kier alpha value is -3.40. The summed E-state index contributed by atoms with van der Waals surface area (Å²) in [7, 11) is 1.65. The number of amides is 2. The van der Waals surface area contributed by atoms with E-state index in [1.54, 1.807) is 43.7 Å². The van der Waals surface area contributed by atoms with E-state index in [1.165, 1.54) is 12.3 Å². The first-order valence-electron chi connectivity index (χ1n) is 11.0. The van der Waals surface area contributed by atoms with Crippen LogP contribution in [0.2, 0.25) is 0 Å². The van der Waals surface area contributed by atoms with E-state index >= 15 is 0 Å². The number of nitrogens with zero attached hydrogens (tertiary/aromatic N) is 3. The van der Waals surface area contributed by atoms with E-state index in [4.69, 9.17) is 0 Å². The van der Waals surface area contributed by atoms with Gasteiger partial charge in [-0.05, 0) is 52.2 Å². The minimum Gasteiger partial charge on any atom is -0.346 e. The van der Waals surface area contributed by atoms with E-state index in [0.717, 1.165) is 28.4 Å². The number of thiazole rings is 1. The molecule has 1 aliphatic carbocycles. The molecule has 0 fully saturated rings. The van der Waals surface area contributed by atoms with Crippen molar-refractivity contribution in [3.8, 4) is 0 Å². The summed E-state index contributed by atoms with van der Waals surface area (Å²) in [6.45, 7) is 6.86. The first kappa shape index (κ1) is 23.7. The molecule has 2 N–H and O–H groups in total. The summed E-state index contributed by atoms with van der Waals surface area (Å²) in [6, 6.07) is 1.34. The second-order valence-electron chi connectivity index (χ2n) is 8.62. The smallest absolute Gasteiger partial charge is 0.294 e. The lowest BCUT2D eigenvalue weighted by molar-refractivity contribution is -0.117. The zero-order chi connectivity index (χ0) is 24.7. The fourth-order valence-electron chi connectivity index (χ4n) is 4.44. The Kier molecular flexibility index (Phi) is 6.35. The van der Waals surface area contributed by atoms with Gasteiger partial charge in [-0.1, -0.05) is 0 Å². The maximum atomic E-state index is 13.4. The van der Waals surface area contributed by atoms with Gasteiger partial charge in [-0.15, -0.1) is 11.3 Å². The predicted molar refractivity (Wildman–Crippen MR) is 127 cm³/mol. The number of pyridine rings is 1. The normalized spacial score (nSPS) is 15.1. The fourth-order valence-corrected chi connectivity index (χ4v) is 5.50. The predicted octanol–water partition coefficient (Wildman–Crippen LogP) is 3.36. The van der Waals surface area contributed by atoms with Gasteiger partial charge in [0.15, 0.2) is 0 Å². The van der Waals surface area contributed by atoms with Crippen LogP contribution in [0.1, 0.15) is 59.7 Å². The number of Topliss-reactive ketones (excluding diaryl/α,β-unsaturated/α-hetero) is 1. The molecule has 0 saturated carbocycles. The van der Waals surface area contributed by atoms with Crippen molar-refractivity contribution in [2.75, 3.05) is 5.32 Å². The molecule has 0 saturated heterocycles. The molecule has 3 aromatic rings. The molecule has 8 nitrogen and oxygen atoms in total. The number of fused-ring (bicyclic) bond motifs is 1. The summed E-state index contributed by atoms with van der Waals surface area (Å²) in [5, 5.41) is 6.56. The highest BCUT2D eigenvalue weighted by Crippen LogP contribution is 2.27. The second kappa shape index (κ2) is 9.09. The lowest BCUT2D eigenvalue weighted by atomic mass is 9.97. The zero-order valence-electron chi connectivity index (χ0n) is 19.7. The van der Waals surface area contributed by atoms with Gasteiger partial charge >= 0.3 is 0 Å². The van der Waals surface area contributed by atoms with Gasteiger partial charge in [0.2, 0.25) is 5.95 Å². The number of hydrogen-bond donors (Lipinski definition) is 2. The van der Waals surface area contributed by atoms with E-state index in [-0.39, 0.29) is 11.7 Å². The van der Waals surface area contributed by atoms with Crippen molar-refractivity contribution in [3.05, 3.63) is 61.9 Å². The molecule has 3 aromatic heterocycles. The number of nitrogens with one attached hydrogen (secondary N) is 2. The first-order chi connectivity index (χ1) is 16.1. The van der Waals surface area contributed by atoms with Crippen LogP contribution in [0.4, 0.5) is 10.1 Å². The summed E-state index contributed by atoms with van der Waals surface area (Å²) >= 11 is 1.62. The number of anilines is 1. The van der Waals surface area contributed by atoms with Crippen molar-refractivity contribution in [2.45, 2.75) is 53.0 Å². The fraction of sp³-hybridized carbons (Fsp3) is 0.375. The van der Waals surface area contributed by atoms with Crippen LogP contribution in [0, 0.1) is 33.6 Å². The van der Waals surface area contributed by atoms with Crippen LogP contribution in [0.3, 0.4) is 0 Å². The van der Waals surface area contributed by atoms with Crippen molar-refractivity contribution < 1.29 is 18.8 Å². The van der Waals surface area contributed by atoms with Crippen molar-refractivity contribution in [1.29, 1.82) is 0 Å². The Labute approximate surface area is 200 Å². The Morgan fingerprint density at radius 1 is 1.21 bits per heavy atom. The Morgan fingerprint density at radius 3 is 2.65 bits per heavy atom. The van der Waals surface area contributed by atoms with Crippen LogP contribution in [-0.4, -0.2) is 38.2 Å². The first-order valence-corrected chi connectivity index (χ1v) is 11.8. The molecule has 34 heavy (non-hydrogen) atoms. The highest BCUT2D eigenvalue weighted by Gasteiger charge is 2.31. The summed E-state index contributed by atoms with van der Waals surface area (Å²) < 4.78 is 15.0. The monoisotopic (exact) mass is 483 g/mol. The molecule has 0 aromatic carbocycles. The van der Waals surface area contributed by atoms with Crippen LogP contribution in [0.5, 0.6) is 0 Å². The highest BCUT2D eigenvalue weighted by molar-refractivity contribution is 7.11. The SMILES string of the molecule is Cc1nc2c(s1)C[C@@H](NC(=O)C(=O)c1c(C)c(C(=O)Nc3cnc(F)c(C)c3)c(C)n1C)CC2. The van der Waals surface area contributed by atoms with Crippen LogP contribution in [0.25, 0.3) is 0 Å². The van der Waals surface area contributed by atoms with Crippen LogP contribution >= 0.6 is 11.3 Å². The summed E-state index contributed by atoms with van der Waals surface area (Å²) in [6.07, 6.45) is 3.37. The van der Waals surface area contributed by atoms with Gasteiger partial charge in [0.1, 0.15) is 0 Å². The van der Waals surface area contributed by atoms with Gasteiger partial charge in [0, 0.05) is 35.6 Å². The number of carbonyl (C=O) groups excluding carboxylic acids is 3. The highest BCUT2D eigenvalue weighted by atomic mass is 32.1. The third kappa shape index (κ3) is 4.37. The van der Waals surface area contributed by atoms with Crippen molar-refractivity contribution in [2.24, 2.45) is 7.05 Å². The van der Waals surface area contributed by atoms with E-state index in [2.05, 4.69) is 20.6 Å². The van der Waals surface area contributed by atoms with Crippen molar-refractivity contribution >= 4 is 34.6 Å². The standard InChI is InChI=1S/C24H26FN5O3S/c1-11-8-16(10-26-22(11)25)29-23(32)19-12(2)20(30(5)13(19)3)21(31)24(33)28-15-6-7-17-18(9-15)34-14(4)27-17/h8,10,15H,6-7,9H2,1-5H3,(H,28,33)(H,29,32)/t15-/m0/s1. The molecule has 0 radical (unpaired) electrons. The number of aromatic nitrogens is 3. The Bertz CT molecular complexity index is 1330. The summed E-state index contributed by atoms with van der Waals surface area (Å²) in [5.41, 5.74) is 3.13. The average Bonchev–Trinajstić information content (AvgIpc) is 3.25. The second-order valence-corrected chi connectivity index (χ2v) is 9.91. The van der Waals surface area contributed by atoms with Gasteiger partial charge in [-0.3, -0.25) is 14.4 Å². The zero-order valence-corrected chi connectivity index (χ0v) is 20.5. The van der Waals surface area contributed by atoms with E-state index in [1.807, 2.05) is 6.92 Å². The minimum atomic E-state index is -0.691. The van der Waals surface area contributed by atoms with Gasteiger partial charge in [-0.2, -0.15) is 4.39 Å². The van der Waals surface area contributed by atoms with E-state index in [0.29, 0.717) is 34.5 Å². The Morgan fingerprint density at radius 2 is 1.94 bits per heavy atom. The Balaban J connectivity index is 1.52. The number of carbonyl (C=O) groups is 3. The molecule has 0 unspecified atom stereocenters. The molecule has 0 bridgehead atoms. The largest absolute Gasteiger partial charge is 0.346 e. The third-order valence-electron chi connectivity index (χ3n) is 6.23. The molecular weight excluding hydrogens is 457 g/mol. The lowest BCUT2D eigenvalue weighted by Gasteiger charge is -2.22. The van der Waals surface area contributed by atoms with E-state index < -0.39 is 23.5 Å². The van der Waals surface area contributed by atoms with Crippen molar-refractivity contribution in [1.82, 2.24) is 19.9 Å². The number of aryl methyl sites for hydroxylation is 3. The van der Waals surface area contributed by atoms with Crippen LogP contribution in [0.15, 0.2) is 12.3 Å². The number of ketones is 1. The quantitative estimate of drug-likeness (QED) is 0.329. The lowest BCUT2D eigenvalue weighted by Crippen LogP contribution is -2.42. The van der Waals surface area contributed by atoms with Gasteiger partial charge in [0.25, 0.3) is 17.6 Å². The van der Waals surface area contributed by atoms with Crippen LogP contribution in [-0.2, 0) is 24.7 Å². The molecule has 10 heteroatoms. The molecular formula is C24H26FN5O3S. The summed E-state index contributed by atoms with van der Waals surface area (Å²) in [5.74, 6) is -2.45. The molecule has 1 aliphatic rings. The maximum Gasteiger partial charge on any atom is 0.294 e. The average molecular weight is 484 g/mol. The summed E-state index contributed by atoms with van der Waals surface area (Å²) in [4.78, 5) is 48.2. The minimum absolute atomic E-state index is 0.137. The van der Waals surface area contributed by atoms with Gasteiger partial charge < -0.3 is 15.2 Å². The van der Waals surface area contributed by atoms with E-state index in [9.17, 15) is 18.8 Å². The number of halogens is 1. The number of hydrogen-bond acceptors (Lipinski definition) is 6. The van der Waals surface area contributed by atoms with Crippen LogP contribution < -0.4 is 10.6 Å². The third-order valence-corrected chi connectivity index (χ3v) is 7.27. The molecule has 3 heterocycles. The van der Waals surface area contributed by atoms with Gasteiger partial charge in [0.05, 0.1) is 33.8 Å². The van der Waals surface area contributed by atoms with Gasteiger partial charge in [-0.25, -0.2) is 9.97 Å². The molecule has 4 rings (SSSR count). The number of rotatable bonds is 5. The topological polar surface area (TPSA) is 106 Å². The molecule has 0 aliphatic heterocycles. The molecule has 0 spiro atoms. The molecule has 2 amide bonds.